The Morgan fingerprint density at radius 2 is 1.84 bits per heavy atom. The smallest absolute Gasteiger partial charge is 0.137 e. The molecule has 1 aliphatic heterocycles. The second kappa shape index (κ2) is 8.13. The van der Waals surface area contributed by atoms with E-state index < -0.39 is 5.67 Å². The van der Waals surface area contributed by atoms with Crippen molar-refractivity contribution in [2.45, 2.75) is 31.6 Å². The number of hydrogen-bond donors (Lipinski definition) is 2. The highest BCUT2D eigenvalue weighted by Gasteiger charge is 2.84. The van der Waals surface area contributed by atoms with E-state index in [-0.39, 0.29) is 5.41 Å². The van der Waals surface area contributed by atoms with Gasteiger partial charge in [-0.25, -0.2) is 9.37 Å². The Bertz CT molecular complexity index is 1640. The molecule has 0 unspecified atom stereocenters. The maximum Gasteiger partial charge on any atom is 0.137 e. The predicted molar refractivity (Wildman–Crippen MR) is 149 cm³/mol. The number of nitrogens with zero attached hydrogens (tertiary/aromatic N) is 4. The van der Waals surface area contributed by atoms with E-state index in [1.165, 1.54) is 0 Å². The van der Waals surface area contributed by atoms with Crippen molar-refractivity contribution in [3.05, 3.63) is 108 Å². The van der Waals surface area contributed by atoms with Crippen LogP contribution in [-0.2, 0) is 13.1 Å². The summed E-state index contributed by atoms with van der Waals surface area (Å²) in [5.74, 6) is 0. The van der Waals surface area contributed by atoms with Crippen LogP contribution in [0.5, 0.6) is 0 Å². The molecule has 1 aromatic carbocycles. The summed E-state index contributed by atoms with van der Waals surface area (Å²) >= 11 is 0. The molecular weight excluding hydrogens is 475 g/mol. The van der Waals surface area contributed by atoms with Crippen LogP contribution < -0.4 is 11.1 Å². The average molecular weight is 505 g/mol. The zero-order valence-electron chi connectivity index (χ0n) is 21.1. The van der Waals surface area contributed by atoms with Crippen LogP contribution in [0.4, 0.5) is 4.39 Å². The van der Waals surface area contributed by atoms with Gasteiger partial charge in [-0.15, -0.1) is 0 Å². The molecule has 0 bridgehead atoms. The average Bonchev–Trinajstić information content (AvgIpc) is 3.59. The highest BCUT2D eigenvalue weighted by Crippen LogP contribution is 2.80. The largest absolute Gasteiger partial charge is 0.399 e. The van der Waals surface area contributed by atoms with Crippen LogP contribution in [0.15, 0.2) is 80.5 Å². The third-order valence-electron chi connectivity index (χ3n) is 8.26. The number of rotatable bonds is 8. The standard InChI is InChI=1S/C31H29FN6/c1-20(33)23-4-6-24(7-5-23)28-13-34-12-27-21(2)37(10-9-26(27)28)15-25-16-38-14-22(3-8-29(38)36-25)11-35-19-30-17-31(30,32)18-30/h3-10,12-14,16,35H,1-2,11,15,17-19,33H2. The van der Waals surface area contributed by atoms with Crippen molar-refractivity contribution in [1.29, 1.82) is 0 Å². The van der Waals surface area contributed by atoms with E-state index in [0.29, 0.717) is 12.2 Å². The zero-order chi connectivity index (χ0) is 26.1. The number of pyridine rings is 2. The number of imidazole rings is 1. The molecule has 0 amide bonds. The second-order valence-corrected chi connectivity index (χ2v) is 10.9. The van der Waals surface area contributed by atoms with E-state index in [2.05, 4.69) is 63.5 Å². The van der Waals surface area contributed by atoms with Gasteiger partial charge in [-0.2, -0.15) is 0 Å². The summed E-state index contributed by atoms with van der Waals surface area (Å²) < 4.78 is 15.9. The van der Waals surface area contributed by atoms with Crippen molar-refractivity contribution in [1.82, 2.24) is 24.6 Å². The molecule has 3 aliphatic rings. The first-order chi connectivity index (χ1) is 18.3. The van der Waals surface area contributed by atoms with Gasteiger partial charge in [-0.05, 0) is 47.2 Å². The third-order valence-corrected chi connectivity index (χ3v) is 8.26. The van der Waals surface area contributed by atoms with Gasteiger partial charge in [-0.3, -0.25) is 4.98 Å². The number of nitrogens with two attached hydrogens (primary N) is 1. The van der Waals surface area contributed by atoms with Crippen molar-refractivity contribution < 1.29 is 4.39 Å². The van der Waals surface area contributed by atoms with Gasteiger partial charge >= 0.3 is 0 Å². The van der Waals surface area contributed by atoms with Gasteiger partial charge < -0.3 is 20.4 Å². The molecule has 38 heavy (non-hydrogen) atoms. The number of alkyl halides is 1. The lowest BCUT2D eigenvalue weighted by Gasteiger charge is -2.28. The summed E-state index contributed by atoms with van der Waals surface area (Å²) in [6, 6.07) is 12.1. The SMILES string of the molecule is C=C(N)c1ccc(-c2cncc3c2C=CN(Cc2cn4cc(CNCC56CC5(F)C6)ccc4n2)C3=C)cc1. The van der Waals surface area contributed by atoms with Crippen LogP contribution in [0.3, 0.4) is 0 Å². The van der Waals surface area contributed by atoms with Crippen molar-refractivity contribution in [2.24, 2.45) is 11.1 Å². The number of nitrogens with one attached hydrogen (secondary N) is 1. The Balaban J connectivity index is 1.07. The summed E-state index contributed by atoms with van der Waals surface area (Å²) in [6.07, 6.45) is 13.5. The molecule has 2 fully saturated rings. The first-order valence-corrected chi connectivity index (χ1v) is 12.9. The molecule has 190 valence electrons. The lowest BCUT2D eigenvalue weighted by Crippen LogP contribution is -2.19. The highest BCUT2D eigenvalue weighted by atomic mass is 19.1. The lowest BCUT2D eigenvalue weighted by atomic mass is 9.94. The molecule has 7 heteroatoms. The minimum absolute atomic E-state index is 0.0524. The quantitative estimate of drug-likeness (QED) is 0.337. The van der Waals surface area contributed by atoms with Gasteiger partial charge in [0.1, 0.15) is 11.3 Å². The Labute approximate surface area is 221 Å². The Hall–Kier alpha value is -4.23. The molecule has 0 atom stereocenters. The summed E-state index contributed by atoms with van der Waals surface area (Å²) in [5.41, 5.74) is 14.5. The van der Waals surface area contributed by atoms with Crippen LogP contribution >= 0.6 is 0 Å². The first-order valence-electron chi connectivity index (χ1n) is 12.9. The van der Waals surface area contributed by atoms with E-state index in [9.17, 15) is 4.39 Å². The number of aromatic nitrogens is 3. The molecule has 2 saturated carbocycles. The monoisotopic (exact) mass is 504 g/mol. The molecular formula is C31H29FN6. The number of fused-ring (bicyclic) bond motifs is 3. The van der Waals surface area contributed by atoms with Crippen molar-refractivity contribution in [2.75, 3.05) is 6.54 Å². The molecule has 3 N–H and O–H groups in total. The fraction of sp³-hybridized carbons (Fsp3) is 0.226. The fourth-order valence-corrected chi connectivity index (χ4v) is 5.64. The number of halogens is 1. The van der Waals surface area contributed by atoms with Crippen LogP contribution in [0.25, 0.3) is 34.2 Å². The molecule has 0 spiro atoms. The Morgan fingerprint density at radius 1 is 1.08 bits per heavy atom. The normalized spacial score (nSPS) is 22.9. The minimum Gasteiger partial charge on any atom is -0.399 e. The van der Waals surface area contributed by atoms with Crippen LogP contribution in [-0.4, -0.2) is 31.5 Å². The predicted octanol–water partition coefficient (Wildman–Crippen LogP) is 5.37. The highest BCUT2D eigenvalue weighted by molar-refractivity contribution is 5.85. The van der Waals surface area contributed by atoms with Crippen molar-refractivity contribution in [3.63, 3.8) is 0 Å². The van der Waals surface area contributed by atoms with E-state index >= 15 is 0 Å². The molecule has 6 nitrogen and oxygen atoms in total. The van der Waals surface area contributed by atoms with E-state index in [1.54, 1.807) is 0 Å². The summed E-state index contributed by atoms with van der Waals surface area (Å²) in [5, 5.41) is 3.43. The summed E-state index contributed by atoms with van der Waals surface area (Å²) in [4.78, 5) is 11.4. The van der Waals surface area contributed by atoms with E-state index in [4.69, 9.17) is 10.7 Å². The van der Waals surface area contributed by atoms with Crippen molar-refractivity contribution in [3.8, 4) is 11.1 Å². The molecule has 4 heterocycles. The number of benzene rings is 1. The number of hydrogen-bond acceptors (Lipinski definition) is 5. The molecule has 0 radical (unpaired) electrons. The fourth-order valence-electron chi connectivity index (χ4n) is 5.64. The maximum absolute atomic E-state index is 13.8. The van der Waals surface area contributed by atoms with E-state index in [0.717, 1.165) is 76.4 Å². The third kappa shape index (κ3) is 3.73. The van der Waals surface area contributed by atoms with Crippen LogP contribution in [0.2, 0.25) is 0 Å². The molecule has 0 saturated heterocycles. The van der Waals surface area contributed by atoms with Gasteiger partial charge in [0, 0.05) is 72.0 Å². The van der Waals surface area contributed by atoms with Gasteiger partial charge in [0.15, 0.2) is 0 Å². The molecule has 3 aromatic heterocycles. The zero-order valence-corrected chi connectivity index (χ0v) is 21.1. The van der Waals surface area contributed by atoms with Gasteiger partial charge in [0.25, 0.3) is 0 Å². The molecule has 4 aromatic rings. The second-order valence-electron chi connectivity index (χ2n) is 10.9. The molecule has 2 aliphatic carbocycles. The van der Waals surface area contributed by atoms with Gasteiger partial charge in [-0.1, -0.05) is 43.5 Å². The lowest BCUT2D eigenvalue weighted by molar-refractivity contribution is 0.389. The summed E-state index contributed by atoms with van der Waals surface area (Å²) in [7, 11) is 0. The summed E-state index contributed by atoms with van der Waals surface area (Å²) in [6.45, 7) is 10.3. The van der Waals surface area contributed by atoms with Gasteiger partial charge in [0.2, 0.25) is 0 Å². The van der Waals surface area contributed by atoms with Gasteiger partial charge in [0.05, 0.1) is 12.2 Å². The Kier molecular flexibility index (Phi) is 4.91. The van der Waals surface area contributed by atoms with Crippen molar-refractivity contribution >= 4 is 23.1 Å². The molecule has 7 rings (SSSR count). The Morgan fingerprint density at radius 3 is 2.58 bits per heavy atom. The maximum atomic E-state index is 13.8. The topological polar surface area (TPSA) is 71.5 Å². The van der Waals surface area contributed by atoms with Crippen LogP contribution in [0.1, 0.15) is 40.8 Å². The van der Waals surface area contributed by atoms with E-state index in [1.807, 2.05) is 42.7 Å². The van der Waals surface area contributed by atoms with Crippen LogP contribution in [0, 0.1) is 5.41 Å². The minimum atomic E-state index is -0.847. The first kappa shape index (κ1) is 22.9.